The maximum absolute atomic E-state index is 12.8. The number of ether oxygens (including phenoxy) is 3. The third-order valence-corrected chi connectivity index (χ3v) is 10.7. The largest absolute Gasteiger partial charge is 0.477 e. The van der Waals surface area contributed by atoms with Crippen LogP contribution >= 0.6 is 0 Å². The van der Waals surface area contributed by atoms with E-state index in [2.05, 4.69) is 74.6 Å². The predicted molar refractivity (Wildman–Crippen MR) is 252 cm³/mol. The van der Waals surface area contributed by atoms with Crippen molar-refractivity contribution >= 4 is 17.9 Å². The molecule has 0 aromatic heterocycles. The van der Waals surface area contributed by atoms with Gasteiger partial charge in [0.25, 0.3) is 0 Å². The molecule has 1 N–H and O–H groups in total. The van der Waals surface area contributed by atoms with Gasteiger partial charge in [0.1, 0.15) is 6.61 Å². The number of aliphatic carboxylic acids is 1. The molecule has 0 aliphatic carbocycles. The number of carbonyl (C=O) groups excluding carboxylic acids is 2. The van der Waals surface area contributed by atoms with Gasteiger partial charge in [-0.2, -0.15) is 0 Å². The summed E-state index contributed by atoms with van der Waals surface area (Å²) in [5, 5.41) is 9.64. The summed E-state index contributed by atoms with van der Waals surface area (Å²) in [5.74, 6) is -1.54. The number of hydrogen-bond donors (Lipinski definition) is 1. The monoisotopic (exact) mass is 843 g/mol. The third kappa shape index (κ3) is 40.4. The number of esters is 2. The molecule has 0 spiro atoms. The molecule has 346 valence electrons. The van der Waals surface area contributed by atoms with Crippen LogP contribution in [0.5, 0.6) is 0 Å². The van der Waals surface area contributed by atoms with Crippen LogP contribution in [-0.4, -0.2) is 80.6 Å². The Kier molecular flexibility index (Phi) is 40.6. The highest BCUT2D eigenvalue weighted by atomic mass is 16.6. The summed E-state index contributed by atoms with van der Waals surface area (Å²) in [7, 11) is 5.51. The number of allylic oxidation sites excluding steroid dienone is 10. The lowest BCUT2D eigenvalue weighted by Crippen LogP contribution is -2.50. The van der Waals surface area contributed by atoms with Gasteiger partial charge in [-0.3, -0.25) is 9.59 Å². The molecule has 0 aromatic carbocycles. The molecular weight excluding hydrogens is 751 g/mol. The number of quaternary nitrogens is 1. The average molecular weight is 843 g/mol. The number of unbranched alkanes of at least 4 members (excludes halogenated alkanes) is 20. The molecule has 8 nitrogen and oxygen atoms in total. The zero-order valence-electron chi connectivity index (χ0n) is 39.4. The lowest BCUT2D eigenvalue weighted by molar-refractivity contribution is -0.887. The van der Waals surface area contributed by atoms with Crippen molar-refractivity contribution in [1.29, 1.82) is 0 Å². The molecule has 2 unspecified atom stereocenters. The molecule has 0 saturated heterocycles. The van der Waals surface area contributed by atoms with Crippen LogP contribution in [-0.2, 0) is 28.6 Å². The zero-order chi connectivity index (χ0) is 44.2. The zero-order valence-corrected chi connectivity index (χ0v) is 39.4. The van der Waals surface area contributed by atoms with Crippen molar-refractivity contribution in [3.05, 3.63) is 60.8 Å². The van der Waals surface area contributed by atoms with Crippen molar-refractivity contribution in [3.63, 3.8) is 0 Å². The summed E-state index contributed by atoms with van der Waals surface area (Å²) in [6, 6.07) is -0.624. The van der Waals surface area contributed by atoms with Crippen LogP contribution in [0.15, 0.2) is 60.8 Å². The second-order valence-electron chi connectivity index (χ2n) is 17.4. The quantitative estimate of drug-likeness (QED) is 0.0215. The first kappa shape index (κ1) is 57.0. The number of carboxylic acids is 1. The highest BCUT2D eigenvalue weighted by molar-refractivity contribution is 5.72. The van der Waals surface area contributed by atoms with Crippen molar-refractivity contribution in [2.45, 2.75) is 212 Å². The number of rotatable bonds is 43. The van der Waals surface area contributed by atoms with Crippen molar-refractivity contribution in [2.75, 3.05) is 41.0 Å². The molecule has 0 aliphatic rings. The lowest BCUT2D eigenvalue weighted by Gasteiger charge is -2.31. The summed E-state index contributed by atoms with van der Waals surface area (Å²) >= 11 is 0. The summed E-state index contributed by atoms with van der Waals surface area (Å²) in [6.07, 6.45) is 52.7. The third-order valence-electron chi connectivity index (χ3n) is 10.7. The fourth-order valence-corrected chi connectivity index (χ4v) is 6.86. The number of hydrogen-bond acceptors (Lipinski definition) is 6. The van der Waals surface area contributed by atoms with Crippen molar-refractivity contribution in [3.8, 4) is 0 Å². The van der Waals surface area contributed by atoms with Crippen LogP contribution in [0.25, 0.3) is 0 Å². The maximum atomic E-state index is 12.8. The molecule has 0 radical (unpaired) electrons. The molecule has 2 atom stereocenters. The number of likely N-dealkylation sites (N-methyl/N-ethyl adjacent to an activating group) is 1. The van der Waals surface area contributed by atoms with E-state index in [-0.39, 0.29) is 42.7 Å². The van der Waals surface area contributed by atoms with Gasteiger partial charge in [0, 0.05) is 19.3 Å². The predicted octanol–water partition coefficient (Wildman–Crippen LogP) is 13.8. The van der Waals surface area contributed by atoms with Crippen LogP contribution in [0.2, 0.25) is 0 Å². The summed E-state index contributed by atoms with van der Waals surface area (Å²) in [4.78, 5) is 37.1. The van der Waals surface area contributed by atoms with Crippen molar-refractivity contribution < 1.29 is 38.2 Å². The highest BCUT2D eigenvalue weighted by Crippen LogP contribution is 2.14. The second-order valence-corrected chi connectivity index (χ2v) is 17.4. The lowest BCUT2D eigenvalue weighted by atomic mass is 10.1. The van der Waals surface area contributed by atoms with E-state index in [4.69, 9.17) is 14.2 Å². The Morgan fingerprint density at radius 1 is 0.517 bits per heavy atom. The Morgan fingerprint density at radius 2 is 0.950 bits per heavy atom. The molecule has 0 amide bonds. The van der Waals surface area contributed by atoms with E-state index in [1.54, 1.807) is 0 Å². The van der Waals surface area contributed by atoms with E-state index in [1.165, 1.54) is 122 Å². The highest BCUT2D eigenvalue weighted by Gasteiger charge is 2.31. The van der Waals surface area contributed by atoms with Gasteiger partial charge in [-0.15, -0.1) is 0 Å². The number of nitrogens with zero attached hydrogens (tertiary/aromatic N) is 1. The Hall–Kier alpha value is -2.97. The van der Waals surface area contributed by atoms with Crippen LogP contribution in [0.1, 0.15) is 200 Å². The molecule has 0 aromatic rings. The summed E-state index contributed by atoms with van der Waals surface area (Å²) < 4.78 is 17.3. The maximum Gasteiger partial charge on any atom is 0.362 e. The van der Waals surface area contributed by atoms with Gasteiger partial charge in [0.2, 0.25) is 0 Å². The SMILES string of the molecule is CCCCC/C=C/C=C/CCCCCCCCCCCCC(=O)OC(COCCC(C(=O)O)[N+](C)(C)C)COC(=O)CCC/C=C/C/C=C/C/C=C/CCCCCCCC. The first-order valence-electron chi connectivity index (χ1n) is 24.3. The van der Waals surface area contributed by atoms with Crippen LogP contribution < -0.4 is 0 Å². The van der Waals surface area contributed by atoms with E-state index >= 15 is 0 Å². The minimum absolute atomic E-state index is 0.0426. The molecule has 0 fully saturated rings. The topological polar surface area (TPSA) is 99.1 Å². The first-order chi connectivity index (χ1) is 29.1. The van der Waals surface area contributed by atoms with E-state index < -0.39 is 18.1 Å². The van der Waals surface area contributed by atoms with Gasteiger partial charge >= 0.3 is 17.9 Å². The van der Waals surface area contributed by atoms with Crippen molar-refractivity contribution in [2.24, 2.45) is 0 Å². The van der Waals surface area contributed by atoms with Gasteiger partial charge in [-0.05, 0) is 70.6 Å². The molecule has 0 saturated carbocycles. The fraction of sp³-hybridized carbons (Fsp3) is 0.750. The second kappa shape index (κ2) is 42.7. The molecule has 0 rings (SSSR count). The minimum Gasteiger partial charge on any atom is -0.477 e. The number of carboxylic acid groups (broad SMARTS) is 1. The summed E-state index contributed by atoms with van der Waals surface area (Å²) in [6.45, 7) is 4.65. The molecule has 0 bridgehead atoms. The van der Waals surface area contributed by atoms with Gasteiger partial charge < -0.3 is 23.8 Å². The fourth-order valence-electron chi connectivity index (χ4n) is 6.86. The minimum atomic E-state index is -0.883. The summed E-state index contributed by atoms with van der Waals surface area (Å²) in [5.41, 5.74) is 0. The average Bonchev–Trinajstić information content (AvgIpc) is 3.21. The molecular formula is C52H92NO7+. The van der Waals surface area contributed by atoms with Crippen LogP contribution in [0, 0.1) is 0 Å². The van der Waals surface area contributed by atoms with Crippen LogP contribution in [0.3, 0.4) is 0 Å². The molecule has 0 aliphatic heterocycles. The molecule has 60 heavy (non-hydrogen) atoms. The first-order valence-corrected chi connectivity index (χ1v) is 24.3. The Bertz CT molecular complexity index is 1170. The molecule has 0 heterocycles. The van der Waals surface area contributed by atoms with E-state index in [1.807, 2.05) is 21.1 Å². The normalized spacial score (nSPS) is 13.4. The van der Waals surface area contributed by atoms with E-state index in [9.17, 15) is 19.5 Å². The smallest absolute Gasteiger partial charge is 0.362 e. The van der Waals surface area contributed by atoms with E-state index in [0.717, 1.165) is 38.5 Å². The van der Waals surface area contributed by atoms with Gasteiger partial charge in [-0.25, -0.2) is 4.79 Å². The Balaban J connectivity index is 4.37. The van der Waals surface area contributed by atoms with Gasteiger partial charge in [-0.1, -0.05) is 171 Å². The van der Waals surface area contributed by atoms with Crippen molar-refractivity contribution in [1.82, 2.24) is 0 Å². The van der Waals surface area contributed by atoms with Gasteiger partial charge in [0.15, 0.2) is 12.1 Å². The molecule has 8 heteroatoms. The Morgan fingerprint density at radius 3 is 1.48 bits per heavy atom. The van der Waals surface area contributed by atoms with Gasteiger partial charge in [0.05, 0.1) is 34.4 Å². The number of carbonyl (C=O) groups is 3. The van der Waals surface area contributed by atoms with E-state index in [0.29, 0.717) is 19.3 Å². The van der Waals surface area contributed by atoms with Crippen LogP contribution in [0.4, 0.5) is 0 Å². The Labute approximate surface area is 368 Å². The standard InChI is InChI=1S/C52H91NO7/c1-6-8-10-12-14-16-18-20-22-24-25-27-29-31-33-35-37-39-41-43-51(55)60-48(46-58-45-44-49(52(56)57)53(3,4)5)47-59-50(54)42-40-38-36-34-32-30-28-26-23-21-19-17-15-13-11-9-7-2/h14,16,18,20-21,23,28,30,34,36,48-49H,6-13,15,17,19,22,24-27,29,31-33,35,37-47H2,1-5H3/p+1/b16-14+,20-18+,23-21+,30-28+,36-34+.